The summed E-state index contributed by atoms with van der Waals surface area (Å²) in [5.41, 5.74) is 1.20. The zero-order valence-corrected chi connectivity index (χ0v) is 13.5. The summed E-state index contributed by atoms with van der Waals surface area (Å²) in [6, 6.07) is 1.18. The average Bonchev–Trinajstić information content (AvgIpc) is 3.13. The minimum absolute atomic E-state index is 0.420. The molecule has 0 amide bonds. The third kappa shape index (κ3) is 3.69. The summed E-state index contributed by atoms with van der Waals surface area (Å²) in [6.45, 7) is 11.0. The molecule has 1 fully saturated rings. The fourth-order valence-corrected chi connectivity index (χ4v) is 3.66. The number of hydrogen-bond acceptors (Lipinski definition) is 4. The predicted molar refractivity (Wildman–Crippen MR) is 84.2 cm³/mol. The maximum Gasteiger partial charge on any atom is 0.186 e. The van der Waals surface area contributed by atoms with E-state index in [2.05, 4.69) is 37.9 Å². The summed E-state index contributed by atoms with van der Waals surface area (Å²) in [6.07, 6.45) is 5.22. The van der Waals surface area contributed by atoms with Gasteiger partial charge in [-0.2, -0.15) is 0 Å². The number of thiazole rings is 1. The van der Waals surface area contributed by atoms with Crippen LogP contribution in [0.25, 0.3) is 0 Å². The Bertz CT molecular complexity index is 398. The molecule has 0 saturated heterocycles. The molecule has 1 N–H and O–H groups in total. The van der Waals surface area contributed by atoms with Crippen LogP contribution in [0.2, 0.25) is 0 Å². The zero-order chi connectivity index (χ0) is 13.8. The molecule has 3 nitrogen and oxygen atoms in total. The van der Waals surface area contributed by atoms with Gasteiger partial charge in [0.25, 0.3) is 0 Å². The molecule has 4 heteroatoms. The first-order chi connectivity index (χ1) is 9.17. The Morgan fingerprint density at radius 2 is 2.16 bits per heavy atom. The quantitative estimate of drug-likeness (QED) is 0.783. The highest BCUT2D eigenvalue weighted by molar-refractivity contribution is 7.15. The molecule has 1 atom stereocenters. The van der Waals surface area contributed by atoms with Crippen LogP contribution in [-0.2, 0) is 0 Å². The lowest BCUT2D eigenvalue weighted by atomic mass is 10.2. The Morgan fingerprint density at radius 1 is 1.42 bits per heavy atom. The van der Waals surface area contributed by atoms with Crippen LogP contribution >= 0.6 is 11.3 Å². The fraction of sp³-hybridized carbons (Fsp3) is 0.800. The molecule has 0 radical (unpaired) electrons. The first kappa shape index (κ1) is 14.8. The third-order valence-electron chi connectivity index (χ3n) is 3.71. The van der Waals surface area contributed by atoms with Gasteiger partial charge in [0.15, 0.2) is 5.13 Å². The van der Waals surface area contributed by atoms with Gasteiger partial charge >= 0.3 is 0 Å². The van der Waals surface area contributed by atoms with Crippen molar-refractivity contribution in [3.8, 4) is 0 Å². The highest BCUT2D eigenvalue weighted by Gasteiger charge is 2.31. The van der Waals surface area contributed by atoms with Crippen molar-refractivity contribution < 1.29 is 0 Å². The fourth-order valence-electron chi connectivity index (χ4n) is 2.47. The van der Waals surface area contributed by atoms with Gasteiger partial charge < -0.3 is 10.2 Å². The van der Waals surface area contributed by atoms with Gasteiger partial charge in [0.2, 0.25) is 0 Å². The second-order valence-electron chi connectivity index (χ2n) is 5.50. The van der Waals surface area contributed by atoms with Crippen molar-refractivity contribution in [2.75, 3.05) is 18.0 Å². The smallest absolute Gasteiger partial charge is 0.186 e. The number of anilines is 1. The summed E-state index contributed by atoms with van der Waals surface area (Å²) in [7, 11) is 0. The lowest BCUT2D eigenvalue weighted by Crippen LogP contribution is -2.26. The van der Waals surface area contributed by atoms with E-state index in [1.807, 2.05) is 11.3 Å². The van der Waals surface area contributed by atoms with E-state index >= 15 is 0 Å². The molecule has 1 saturated carbocycles. The molecule has 1 aliphatic rings. The summed E-state index contributed by atoms with van der Waals surface area (Å²) in [4.78, 5) is 8.78. The van der Waals surface area contributed by atoms with E-state index < -0.39 is 0 Å². The van der Waals surface area contributed by atoms with Crippen molar-refractivity contribution in [3.05, 3.63) is 10.6 Å². The molecule has 2 rings (SSSR count). The summed E-state index contributed by atoms with van der Waals surface area (Å²) in [5, 5.41) is 4.74. The lowest BCUT2D eigenvalue weighted by molar-refractivity contribution is 0.603. The first-order valence-corrected chi connectivity index (χ1v) is 8.46. The lowest BCUT2D eigenvalue weighted by Gasteiger charge is -2.21. The normalized spacial score (nSPS) is 16.6. The molecule has 0 spiro atoms. The van der Waals surface area contributed by atoms with E-state index in [-0.39, 0.29) is 0 Å². The van der Waals surface area contributed by atoms with Gasteiger partial charge in [-0.15, -0.1) is 11.3 Å². The molecule has 1 aromatic heterocycles. The Kier molecular flexibility index (Phi) is 5.22. The number of nitrogens with one attached hydrogen (secondary N) is 1. The van der Waals surface area contributed by atoms with Crippen LogP contribution in [0.15, 0.2) is 0 Å². The SMILES string of the molecule is CCCCN(c1nc(C)c(C(C)NCC)s1)C1CC1. The van der Waals surface area contributed by atoms with Gasteiger partial charge in [-0.1, -0.05) is 20.3 Å². The molecule has 0 aromatic carbocycles. The van der Waals surface area contributed by atoms with E-state index in [0.717, 1.165) is 12.6 Å². The summed E-state index contributed by atoms with van der Waals surface area (Å²) >= 11 is 1.89. The van der Waals surface area contributed by atoms with Crippen molar-refractivity contribution in [1.29, 1.82) is 0 Å². The minimum atomic E-state index is 0.420. The van der Waals surface area contributed by atoms with Gasteiger partial charge in [-0.3, -0.25) is 0 Å². The molecule has 19 heavy (non-hydrogen) atoms. The Hall–Kier alpha value is -0.610. The third-order valence-corrected chi connectivity index (χ3v) is 5.09. The molecule has 1 aliphatic carbocycles. The zero-order valence-electron chi connectivity index (χ0n) is 12.7. The molecule has 1 unspecified atom stereocenters. The van der Waals surface area contributed by atoms with Crippen LogP contribution in [0.4, 0.5) is 5.13 Å². The van der Waals surface area contributed by atoms with Crippen molar-refractivity contribution in [3.63, 3.8) is 0 Å². The second-order valence-corrected chi connectivity index (χ2v) is 6.51. The summed E-state index contributed by atoms with van der Waals surface area (Å²) < 4.78 is 0. The summed E-state index contributed by atoms with van der Waals surface area (Å²) in [5.74, 6) is 0. The van der Waals surface area contributed by atoms with E-state index in [9.17, 15) is 0 Å². The van der Waals surface area contributed by atoms with Gasteiger partial charge in [-0.25, -0.2) is 4.98 Å². The van der Waals surface area contributed by atoms with Crippen LogP contribution in [0.1, 0.15) is 63.1 Å². The minimum Gasteiger partial charge on any atom is -0.345 e. The molecule has 1 heterocycles. The van der Waals surface area contributed by atoms with Crippen molar-refractivity contribution >= 4 is 16.5 Å². The first-order valence-electron chi connectivity index (χ1n) is 7.64. The van der Waals surface area contributed by atoms with Crippen molar-refractivity contribution in [2.24, 2.45) is 0 Å². The topological polar surface area (TPSA) is 28.2 Å². The Balaban J connectivity index is 2.12. The van der Waals surface area contributed by atoms with Gasteiger partial charge in [0.05, 0.1) is 5.69 Å². The second kappa shape index (κ2) is 6.71. The number of aryl methyl sites for hydroxylation is 1. The average molecular weight is 281 g/mol. The molecule has 0 aliphatic heterocycles. The predicted octanol–water partition coefficient (Wildman–Crippen LogP) is 3.89. The highest BCUT2D eigenvalue weighted by atomic mass is 32.1. The van der Waals surface area contributed by atoms with E-state index in [0.29, 0.717) is 6.04 Å². The van der Waals surface area contributed by atoms with E-state index in [1.165, 1.54) is 47.9 Å². The molecule has 1 aromatic rings. The number of unbranched alkanes of at least 4 members (excludes halogenated alkanes) is 1. The number of nitrogens with zero attached hydrogens (tertiary/aromatic N) is 2. The largest absolute Gasteiger partial charge is 0.345 e. The standard InChI is InChI=1S/C15H27N3S/c1-5-7-10-18(13-8-9-13)15-17-12(4)14(19-15)11(3)16-6-2/h11,13,16H,5-10H2,1-4H3. The maximum atomic E-state index is 4.83. The van der Waals surface area contributed by atoms with Crippen molar-refractivity contribution in [1.82, 2.24) is 10.3 Å². The van der Waals surface area contributed by atoms with E-state index in [1.54, 1.807) is 0 Å². The number of aromatic nitrogens is 1. The molecular weight excluding hydrogens is 254 g/mol. The number of rotatable bonds is 8. The van der Waals surface area contributed by atoms with Crippen LogP contribution < -0.4 is 10.2 Å². The number of hydrogen-bond donors (Lipinski definition) is 1. The van der Waals surface area contributed by atoms with Gasteiger partial charge in [0, 0.05) is 23.5 Å². The van der Waals surface area contributed by atoms with Crippen LogP contribution in [0.3, 0.4) is 0 Å². The van der Waals surface area contributed by atoms with E-state index in [4.69, 9.17) is 4.98 Å². The van der Waals surface area contributed by atoms with Crippen molar-refractivity contribution in [2.45, 2.75) is 65.5 Å². The Morgan fingerprint density at radius 3 is 2.74 bits per heavy atom. The monoisotopic (exact) mass is 281 g/mol. The maximum absolute atomic E-state index is 4.83. The van der Waals surface area contributed by atoms with Crippen LogP contribution in [0, 0.1) is 6.92 Å². The highest BCUT2D eigenvalue weighted by Crippen LogP contribution is 2.37. The molecular formula is C15H27N3S. The molecule has 0 bridgehead atoms. The van der Waals surface area contributed by atoms with Gasteiger partial charge in [-0.05, 0) is 39.7 Å². The Labute approximate surface area is 121 Å². The van der Waals surface area contributed by atoms with Crippen LogP contribution in [0.5, 0.6) is 0 Å². The molecule has 108 valence electrons. The van der Waals surface area contributed by atoms with Crippen LogP contribution in [-0.4, -0.2) is 24.1 Å². The van der Waals surface area contributed by atoms with Gasteiger partial charge in [0.1, 0.15) is 0 Å².